The Labute approximate surface area is 76.5 Å². The average molecular weight is 176 g/mol. The van der Waals surface area contributed by atoms with E-state index < -0.39 is 0 Å². The second kappa shape index (κ2) is 2.85. The summed E-state index contributed by atoms with van der Waals surface area (Å²) in [6.45, 7) is 4.52. The van der Waals surface area contributed by atoms with Gasteiger partial charge in [0.05, 0.1) is 5.69 Å². The summed E-state index contributed by atoms with van der Waals surface area (Å²) in [5, 5.41) is 4.96. The lowest BCUT2D eigenvalue weighted by atomic mass is 10.1. The van der Waals surface area contributed by atoms with Gasteiger partial charge in [-0.25, -0.2) is 0 Å². The Balaban J connectivity index is 2.77. The number of hydrogen-bond acceptors (Lipinski definition) is 3. The molecule has 13 heavy (non-hydrogen) atoms. The van der Waals surface area contributed by atoms with Gasteiger partial charge < -0.3 is 10.3 Å². The number of hydrogen-bond donors (Lipinski definition) is 1. The zero-order valence-electron chi connectivity index (χ0n) is 7.79. The summed E-state index contributed by atoms with van der Waals surface area (Å²) in [6, 6.07) is 4.04. The third kappa shape index (κ3) is 1.21. The van der Waals surface area contributed by atoms with Crippen molar-refractivity contribution >= 4 is 11.0 Å². The highest BCUT2D eigenvalue weighted by molar-refractivity contribution is 5.80. The number of aryl methyl sites for hydroxylation is 2. The van der Waals surface area contributed by atoms with E-state index in [1.54, 1.807) is 0 Å². The minimum atomic E-state index is 0.562. The molecule has 0 radical (unpaired) electrons. The molecule has 0 spiro atoms. The van der Waals surface area contributed by atoms with Crippen LogP contribution in [0.3, 0.4) is 0 Å². The summed E-state index contributed by atoms with van der Waals surface area (Å²) in [4.78, 5) is 0. The maximum atomic E-state index is 5.61. The van der Waals surface area contributed by atoms with E-state index in [0.29, 0.717) is 6.54 Å². The van der Waals surface area contributed by atoms with Crippen molar-refractivity contribution in [3.8, 4) is 0 Å². The van der Waals surface area contributed by atoms with E-state index in [9.17, 15) is 0 Å². The van der Waals surface area contributed by atoms with Gasteiger partial charge in [0.1, 0.15) is 0 Å². The highest BCUT2D eigenvalue weighted by Crippen LogP contribution is 2.21. The van der Waals surface area contributed by atoms with Crippen LogP contribution in [0.25, 0.3) is 11.0 Å². The summed E-state index contributed by atoms with van der Waals surface area (Å²) >= 11 is 0. The molecule has 68 valence electrons. The summed E-state index contributed by atoms with van der Waals surface area (Å²) in [6.07, 6.45) is 0. The number of fused-ring (bicyclic) bond motifs is 1. The molecule has 0 unspecified atom stereocenters. The molecule has 0 saturated carbocycles. The highest BCUT2D eigenvalue weighted by atomic mass is 16.5. The minimum absolute atomic E-state index is 0.562. The van der Waals surface area contributed by atoms with Gasteiger partial charge in [-0.1, -0.05) is 5.16 Å². The van der Waals surface area contributed by atoms with Gasteiger partial charge in [-0.05, 0) is 37.1 Å². The monoisotopic (exact) mass is 176 g/mol. The molecule has 0 aliphatic carbocycles. The number of rotatable bonds is 1. The quantitative estimate of drug-likeness (QED) is 0.722. The van der Waals surface area contributed by atoms with Gasteiger partial charge in [0.15, 0.2) is 5.58 Å². The van der Waals surface area contributed by atoms with Gasteiger partial charge in [0.2, 0.25) is 0 Å². The van der Waals surface area contributed by atoms with Crippen molar-refractivity contribution in [3.05, 3.63) is 29.0 Å². The summed E-state index contributed by atoms with van der Waals surface area (Å²) in [5.74, 6) is 0. The van der Waals surface area contributed by atoms with Crippen LogP contribution in [0, 0.1) is 13.8 Å². The third-order valence-corrected chi connectivity index (χ3v) is 2.33. The molecule has 0 atom stereocenters. The van der Waals surface area contributed by atoms with Crippen LogP contribution in [0.2, 0.25) is 0 Å². The maximum Gasteiger partial charge on any atom is 0.167 e. The van der Waals surface area contributed by atoms with E-state index in [4.69, 9.17) is 10.3 Å². The fraction of sp³-hybridized carbons (Fsp3) is 0.300. The van der Waals surface area contributed by atoms with Gasteiger partial charge in [0.25, 0.3) is 0 Å². The molecule has 0 aliphatic heterocycles. The van der Waals surface area contributed by atoms with Crippen LogP contribution >= 0.6 is 0 Å². The fourth-order valence-corrected chi connectivity index (χ4v) is 1.47. The molecule has 1 aromatic heterocycles. The molecule has 3 nitrogen and oxygen atoms in total. The van der Waals surface area contributed by atoms with E-state index in [2.05, 4.69) is 11.2 Å². The Morgan fingerprint density at radius 2 is 2.15 bits per heavy atom. The zero-order chi connectivity index (χ0) is 9.42. The largest absolute Gasteiger partial charge is 0.356 e. The molecule has 3 heteroatoms. The van der Waals surface area contributed by atoms with Gasteiger partial charge in [0, 0.05) is 11.9 Å². The van der Waals surface area contributed by atoms with E-state index in [1.165, 1.54) is 0 Å². The van der Waals surface area contributed by atoms with Crippen LogP contribution in [0.4, 0.5) is 0 Å². The molecule has 0 amide bonds. The number of nitrogens with zero attached hydrogens (tertiary/aromatic N) is 1. The fourth-order valence-electron chi connectivity index (χ4n) is 1.47. The first-order valence-corrected chi connectivity index (χ1v) is 4.28. The summed E-state index contributed by atoms with van der Waals surface area (Å²) in [7, 11) is 0. The first-order chi connectivity index (χ1) is 6.22. The standard InChI is InChI=1S/C10H12N2O/c1-6-3-10-9(4-8(6)5-11)7(2)12-13-10/h3-4H,5,11H2,1-2H3. The normalized spacial score (nSPS) is 11.0. The second-order valence-corrected chi connectivity index (χ2v) is 3.25. The van der Waals surface area contributed by atoms with E-state index >= 15 is 0 Å². The lowest BCUT2D eigenvalue weighted by molar-refractivity contribution is 0.450. The number of nitrogens with two attached hydrogens (primary N) is 1. The van der Waals surface area contributed by atoms with Crippen LogP contribution in [0.15, 0.2) is 16.7 Å². The SMILES string of the molecule is Cc1cc2onc(C)c2cc1CN. The van der Waals surface area contributed by atoms with Crippen LogP contribution in [-0.2, 0) is 6.54 Å². The summed E-state index contributed by atoms with van der Waals surface area (Å²) in [5.41, 5.74) is 9.68. The first-order valence-electron chi connectivity index (χ1n) is 4.28. The molecule has 0 saturated heterocycles. The Morgan fingerprint density at radius 3 is 2.85 bits per heavy atom. The van der Waals surface area contributed by atoms with Crippen molar-refractivity contribution < 1.29 is 4.52 Å². The molecule has 1 heterocycles. The molecule has 1 aromatic carbocycles. The Morgan fingerprint density at radius 1 is 1.38 bits per heavy atom. The molecule has 0 aliphatic rings. The molecular weight excluding hydrogens is 164 g/mol. The maximum absolute atomic E-state index is 5.61. The van der Waals surface area contributed by atoms with Crippen LogP contribution in [0.5, 0.6) is 0 Å². The lowest BCUT2D eigenvalue weighted by Crippen LogP contribution is -1.98. The predicted octanol–water partition coefficient (Wildman–Crippen LogP) is 1.90. The van der Waals surface area contributed by atoms with Crippen LogP contribution in [-0.4, -0.2) is 5.16 Å². The summed E-state index contributed by atoms with van der Waals surface area (Å²) < 4.78 is 5.14. The highest BCUT2D eigenvalue weighted by Gasteiger charge is 2.06. The molecule has 2 aromatic rings. The van der Waals surface area contributed by atoms with Gasteiger partial charge in [-0.3, -0.25) is 0 Å². The molecule has 0 bridgehead atoms. The van der Waals surface area contributed by atoms with E-state index in [-0.39, 0.29) is 0 Å². The van der Waals surface area contributed by atoms with Crippen molar-refractivity contribution in [2.24, 2.45) is 5.73 Å². The average Bonchev–Trinajstić information content (AvgIpc) is 2.46. The Hall–Kier alpha value is -1.35. The van der Waals surface area contributed by atoms with Crippen molar-refractivity contribution in [3.63, 3.8) is 0 Å². The van der Waals surface area contributed by atoms with Crippen molar-refractivity contribution in [1.29, 1.82) is 0 Å². The molecule has 2 rings (SSSR count). The smallest absolute Gasteiger partial charge is 0.167 e. The molecular formula is C10H12N2O. The van der Waals surface area contributed by atoms with Gasteiger partial charge >= 0.3 is 0 Å². The Bertz CT molecular complexity index is 445. The number of aromatic nitrogens is 1. The second-order valence-electron chi connectivity index (χ2n) is 3.25. The van der Waals surface area contributed by atoms with Crippen LogP contribution < -0.4 is 5.73 Å². The Kier molecular flexibility index (Phi) is 1.81. The topological polar surface area (TPSA) is 52.0 Å². The number of benzene rings is 1. The van der Waals surface area contributed by atoms with Crippen molar-refractivity contribution in [2.75, 3.05) is 0 Å². The van der Waals surface area contributed by atoms with Gasteiger partial charge in [-0.2, -0.15) is 0 Å². The van der Waals surface area contributed by atoms with E-state index in [1.807, 2.05) is 19.9 Å². The van der Waals surface area contributed by atoms with Crippen molar-refractivity contribution in [1.82, 2.24) is 5.16 Å². The minimum Gasteiger partial charge on any atom is -0.356 e. The van der Waals surface area contributed by atoms with Crippen LogP contribution in [0.1, 0.15) is 16.8 Å². The molecule has 0 fully saturated rings. The predicted molar refractivity (Wildman–Crippen MR) is 51.4 cm³/mol. The van der Waals surface area contributed by atoms with E-state index in [0.717, 1.165) is 27.8 Å². The van der Waals surface area contributed by atoms with Gasteiger partial charge in [-0.15, -0.1) is 0 Å². The first kappa shape index (κ1) is 8.26. The third-order valence-electron chi connectivity index (χ3n) is 2.33. The molecule has 2 N–H and O–H groups in total. The van der Waals surface area contributed by atoms with Crippen molar-refractivity contribution in [2.45, 2.75) is 20.4 Å². The zero-order valence-corrected chi connectivity index (χ0v) is 7.79. The lowest BCUT2D eigenvalue weighted by Gasteiger charge is -2.01.